The molecule has 4 N–H and O–H groups in total. The molecule has 1 rings (SSSR count). The second-order valence-electron chi connectivity index (χ2n) is 3.75. The van der Waals surface area contributed by atoms with Gasteiger partial charge in [0.15, 0.2) is 5.79 Å². The van der Waals surface area contributed by atoms with E-state index in [1.165, 1.54) is 19.3 Å². The normalized spacial score (nSPS) is 21.0. The standard InChI is InChI=1S/C10H22N2O2/c11-6-8-13-10(14-9-7-12)4-2-1-3-5-10/h1-9,11-12H2. The Labute approximate surface area is 85.9 Å². The zero-order chi connectivity index (χ0) is 10.3. The second kappa shape index (κ2) is 6.35. The molecule has 1 saturated carbocycles. The molecule has 0 radical (unpaired) electrons. The summed E-state index contributed by atoms with van der Waals surface area (Å²) >= 11 is 0. The van der Waals surface area contributed by atoms with Crippen molar-refractivity contribution in [3.8, 4) is 0 Å². The highest BCUT2D eigenvalue weighted by atomic mass is 16.7. The van der Waals surface area contributed by atoms with E-state index < -0.39 is 0 Å². The van der Waals surface area contributed by atoms with Gasteiger partial charge in [-0.05, 0) is 12.8 Å². The first-order valence-electron chi connectivity index (χ1n) is 5.51. The van der Waals surface area contributed by atoms with Crippen molar-refractivity contribution in [2.24, 2.45) is 11.5 Å². The van der Waals surface area contributed by atoms with Crippen LogP contribution in [0.3, 0.4) is 0 Å². The fraction of sp³-hybridized carbons (Fsp3) is 1.00. The number of hydrogen-bond acceptors (Lipinski definition) is 4. The van der Waals surface area contributed by atoms with Crippen LogP contribution in [0.1, 0.15) is 32.1 Å². The molecule has 14 heavy (non-hydrogen) atoms. The quantitative estimate of drug-likeness (QED) is 0.619. The highest BCUT2D eigenvalue weighted by Gasteiger charge is 2.33. The van der Waals surface area contributed by atoms with Crippen LogP contribution in [-0.2, 0) is 9.47 Å². The van der Waals surface area contributed by atoms with Gasteiger partial charge in [-0.3, -0.25) is 0 Å². The van der Waals surface area contributed by atoms with Crippen LogP contribution < -0.4 is 11.5 Å². The summed E-state index contributed by atoms with van der Waals surface area (Å²) in [5.41, 5.74) is 10.9. The van der Waals surface area contributed by atoms with Crippen molar-refractivity contribution in [1.29, 1.82) is 0 Å². The van der Waals surface area contributed by atoms with Gasteiger partial charge in [0.25, 0.3) is 0 Å². The Morgan fingerprint density at radius 2 is 1.36 bits per heavy atom. The van der Waals surface area contributed by atoms with Crippen molar-refractivity contribution in [3.05, 3.63) is 0 Å². The van der Waals surface area contributed by atoms with E-state index in [4.69, 9.17) is 20.9 Å². The number of hydrogen-bond donors (Lipinski definition) is 2. The lowest BCUT2D eigenvalue weighted by atomic mass is 9.94. The van der Waals surface area contributed by atoms with E-state index in [0.717, 1.165) is 12.8 Å². The lowest BCUT2D eigenvalue weighted by Gasteiger charge is -2.36. The largest absolute Gasteiger partial charge is 0.349 e. The van der Waals surface area contributed by atoms with Gasteiger partial charge in [0, 0.05) is 25.9 Å². The lowest BCUT2D eigenvalue weighted by molar-refractivity contribution is -0.249. The minimum atomic E-state index is -0.378. The van der Waals surface area contributed by atoms with Gasteiger partial charge >= 0.3 is 0 Å². The molecule has 1 aliphatic carbocycles. The predicted octanol–water partition coefficient (Wildman–Crippen LogP) is 0.597. The average Bonchev–Trinajstić information content (AvgIpc) is 2.25. The summed E-state index contributed by atoms with van der Waals surface area (Å²) in [5.74, 6) is -0.378. The van der Waals surface area contributed by atoms with Gasteiger partial charge in [0.05, 0.1) is 13.2 Å². The summed E-state index contributed by atoms with van der Waals surface area (Å²) in [6.45, 7) is 2.25. The van der Waals surface area contributed by atoms with Gasteiger partial charge in [-0.15, -0.1) is 0 Å². The summed E-state index contributed by atoms with van der Waals surface area (Å²) < 4.78 is 11.4. The third kappa shape index (κ3) is 3.53. The van der Waals surface area contributed by atoms with E-state index in [9.17, 15) is 0 Å². The molecule has 0 unspecified atom stereocenters. The third-order valence-electron chi connectivity index (χ3n) is 2.58. The first kappa shape index (κ1) is 11.9. The van der Waals surface area contributed by atoms with Crippen molar-refractivity contribution in [2.75, 3.05) is 26.3 Å². The zero-order valence-electron chi connectivity index (χ0n) is 8.84. The summed E-state index contributed by atoms with van der Waals surface area (Å²) in [6.07, 6.45) is 5.59. The van der Waals surface area contributed by atoms with Crippen molar-refractivity contribution < 1.29 is 9.47 Å². The molecular weight excluding hydrogens is 180 g/mol. The van der Waals surface area contributed by atoms with Gasteiger partial charge < -0.3 is 20.9 Å². The maximum Gasteiger partial charge on any atom is 0.168 e. The molecule has 0 aromatic heterocycles. The first-order valence-corrected chi connectivity index (χ1v) is 5.51. The molecule has 0 heterocycles. The fourth-order valence-electron chi connectivity index (χ4n) is 1.91. The van der Waals surface area contributed by atoms with Gasteiger partial charge in [-0.2, -0.15) is 0 Å². The van der Waals surface area contributed by atoms with Crippen LogP contribution in [0.25, 0.3) is 0 Å². The topological polar surface area (TPSA) is 70.5 Å². The molecule has 1 fully saturated rings. The van der Waals surface area contributed by atoms with E-state index in [-0.39, 0.29) is 5.79 Å². The van der Waals surface area contributed by atoms with Gasteiger partial charge in [-0.25, -0.2) is 0 Å². The van der Waals surface area contributed by atoms with Crippen molar-refractivity contribution >= 4 is 0 Å². The average molecular weight is 202 g/mol. The Morgan fingerprint density at radius 1 is 0.857 bits per heavy atom. The fourth-order valence-corrected chi connectivity index (χ4v) is 1.91. The maximum absolute atomic E-state index is 5.72. The smallest absolute Gasteiger partial charge is 0.168 e. The predicted molar refractivity (Wildman–Crippen MR) is 55.8 cm³/mol. The maximum atomic E-state index is 5.72. The van der Waals surface area contributed by atoms with Crippen molar-refractivity contribution in [1.82, 2.24) is 0 Å². The third-order valence-corrected chi connectivity index (χ3v) is 2.58. The van der Waals surface area contributed by atoms with Crippen LogP contribution in [-0.4, -0.2) is 32.1 Å². The molecule has 0 atom stereocenters. The SMILES string of the molecule is NCCOC1(OCCN)CCCCC1. The molecule has 1 aliphatic rings. The Bertz CT molecular complexity index is 137. The van der Waals surface area contributed by atoms with Crippen LogP contribution in [0.4, 0.5) is 0 Å². The van der Waals surface area contributed by atoms with E-state index >= 15 is 0 Å². The van der Waals surface area contributed by atoms with Crippen LogP contribution in [0.15, 0.2) is 0 Å². The Kier molecular flexibility index (Phi) is 5.40. The van der Waals surface area contributed by atoms with Gasteiger partial charge in [-0.1, -0.05) is 6.42 Å². The number of ether oxygens (including phenoxy) is 2. The van der Waals surface area contributed by atoms with Gasteiger partial charge in [0.2, 0.25) is 0 Å². The number of nitrogens with two attached hydrogens (primary N) is 2. The highest BCUT2D eigenvalue weighted by Crippen LogP contribution is 2.32. The Morgan fingerprint density at radius 3 is 1.79 bits per heavy atom. The molecular formula is C10H22N2O2. The van der Waals surface area contributed by atoms with E-state index in [1.54, 1.807) is 0 Å². The van der Waals surface area contributed by atoms with E-state index in [1.807, 2.05) is 0 Å². The Hall–Kier alpha value is -0.160. The molecule has 0 amide bonds. The summed E-state index contributed by atoms with van der Waals surface area (Å²) in [5, 5.41) is 0. The summed E-state index contributed by atoms with van der Waals surface area (Å²) in [7, 11) is 0. The molecule has 4 nitrogen and oxygen atoms in total. The minimum Gasteiger partial charge on any atom is -0.349 e. The zero-order valence-corrected chi connectivity index (χ0v) is 8.84. The van der Waals surface area contributed by atoms with Crippen molar-refractivity contribution in [3.63, 3.8) is 0 Å². The van der Waals surface area contributed by atoms with E-state index in [0.29, 0.717) is 26.3 Å². The molecule has 0 spiro atoms. The molecule has 4 heteroatoms. The number of rotatable bonds is 6. The first-order chi connectivity index (χ1) is 6.83. The molecule has 0 saturated heterocycles. The monoisotopic (exact) mass is 202 g/mol. The minimum absolute atomic E-state index is 0.378. The van der Waals surface area contributed by atoms with E-state index in [2.05, 4.69) is 0 Å². The molecule has 0 aromatic carbocycles. The van der Waals surface area contributed by atoms with Crippen molar-refractivity contribution in [2.45, 2.75) is 37.9 Å². The van der Waals surface area contributed by atoms with Crippen LogP contribution in [0, 0.1) is 0 Å². The second-order valence-corrected chi connectivity index (χ2v) is 3.75. The van der Waals surface area contributed by atoms with Crippen LogP contribution in [0.5, 0.6) is 0 Å². The highest BCUT2D eigenvalue weighted by molar-refractivity contribution is 4.75. The molecule has 0 aliphatic heterocycles. The lowest BCUT2D eigenvalue weighted by Crippen LogP contribution is -2.40. The van der Waals surface area contributed by atoms with Gasteiger partial charge in [0.1, 0.15) is 0 Å². The van der Waals surface area contributed by atoms with Crippen LogP contribution in [0.2, 0.25) is 0 Å². The Balaban J connectivity index is 2.39. The molecule has 0 bridgehead atoms. The molecule has 84 valence electrons. The van der Waals surface area contributed by atoms with Crippen LogP contribution >= 0.6 is 0 Å². The summed E-state index contributed by atoms with van der Waals surface area (Å²) in [6, 6.07) is 0. The molecule has 0 aromatic rings. The summed E-state index contributed by atoms with van der Waals surface area (Å²) in [4.78, 5) is 0.